The first-order chi connectivity index (χ1) is 13.4. The van der Waals surface area contributed by atoms with Crippen molar-refractivity contribution >= 4 is 41.0 Å². The summed E-state index contributed by atoms with van der Waals surface area (Å²) in [6.07, 6.45) is 4.60. The van der Waals surface area contributed by atoms with Gasteiger partial charge in [-0.15, -0.1) is 0 Å². The summed E-state index contributed by atoms with van der Waals surface area (Å²) >= 11 is 5.63. The van der Waals surface area contributed by atoms with E-state index in [0.717, 1.165) is 11.0 Å². The molecule has 0 spiro atoms. The average molecular weight is 409 g/mol. The number of benzene rings is 1. The van der Waals surface area contributed by atoms with Crippen molar-refractivity contribution in [3.05, 3.63) is 41.2 Å². The molecule has 0 radical (unpaired) electrons. The summed E-state index contributed by atoms with van der Waals surface area (Å²) in [5, 5.41) is 2.45. The monoisotopic (exact) mass is 408 g/mol. The Morgan fingerprint density at radius 3 is 2.43 bits per heavy atom. The first kappa shape index (κ1) is 20.0. The van der Waals surface area contributed by atoms with E-state index in [0.29, 0.717) is 12.8 Å². The number of nitrogens with one attached hydrogen (secondary N) is 1. The summed E-state index contributed by atoms with van der Waals surface area (Å²) in [6.45, 7) is -0.700. The van der Waals surface area contributed by atoms with E-state index in [1.54, 1.807) is 0 Å². The molecule has 1 aliphatic carbocycles. The molecule has 1 heterocycles. The molecule has 1 aromatic carbocycles. The number of esters is 1. The number of carbonyl (C=O) groups excluding carboxylic acids is 4. The van der Waals surface area contributed by atoms with Crippen molar-refractivity contribution in [1.29, 1.82) is 0 Å². The number of ether oxygens (including phenoxy) is 1. The zero-order chi connectivity index (χ0) is 20.3. The van der Waals surface area contributed by atoms with Gasteiger partial charge in [0.05, 0.1) is 23.9 Å². The Kier molecular flexibility index (Phi) is 6.08. The maximum absolute atomic E-state index is 13.6. The number of rotatable bonds is 6. The molecule has 2 unspecified atom stereocenters. The van der Waals surface area contributed by atoms with Gasteiger partial charge in [0.15, 0.2) is 6.61 Å². The topological polar surface area (TPSA) is 92.8 Å². The molecule has 0 saturated carbocycles. The van der Waals surface area contributed by atoms with Gasteiger partial charge in [-0.05, 0) is 31.0 Å². The minimum atomic E-state index is -0.736. The summed E-state index contributed by atoms with van der Waals surface area (Å²) in [6, 6.07) is 3.74. The third-order valence-corrected chi connectivity index (χ3v) is 4.94. The summed E-state index contributed by atoms with van der Waals surface area (Å²) < 4.78 is 18.4. The quantitative estimate of drug-likeness (QED) is 0.443. The first-order valence-corrected chi connectivity index (χ1v) is 9.15. The Morgan fingerprint density at radius 1 is 1.18 bits per heavy atom. The standard InChI is InChI=1S/C19H18ClFN2O5/c20-11-5-6-15(14(21)9-11)22-16(24)10-28-17(25)7-8-23-18(26)12-3-1-2-4-13(12)19(23)27/h1-2,5-6,9,12-13H,3-4,7-8,10H2,(H,22,24). The number of amides is 3. The number of imide groups is 1. The lowest BCUT2D eigenvalue weighted by atomic mass is 9.85. The van der Waals surface area contributed by atoms with Gasteiger partial charge in [0, 0.05) is 11.6 Å². The number of carbonyl (C=O) groups is 4. The second-order valence-electron chi connectivity index (χ2n) is 6.57. The fourth-order valence-electron chi connectivity index (χ4n) is 3.29. The van der Waals surface area contributed by atoms with Crippen LogP contribution in [0.5, 0.6) is 0 Å². The number of allylic oxidation sites excluding steroid dienone is 2. The Balaban J connectivity index is 1.44. The van der Waals surface area contributed by atoms with E-state index in [9.17, 15) is 23.6 Å². The van der Waals surface area contributed by atoms with Gasteiger partial charge in [-0.2, -0.15) is 0 Å². The Hall–Kier alpha value is -2.74. The number of hydrogen-bond donors (Lipinski definition) is 1. The van der Waals surface area contributed by atoms with Crippen LogP contribution in [-0.4, -0.2) is 41.7 Å². The van der Waals surface area contributed by atoms with Crippen molar-refractivity contribution in [2.24, 2.45) is 11.8 Å². The van der Waals surface area contributed by atoms with Gasteiger partial charge in [0.25, 0.3) is 5.91 Å². The van der Waals surface area contributed by atoms with E-state index in [4.69, 9.17) is 16.3 Å². The molecule has 0 aromatic heterocycles. The van der Waals surface area contributed by atoms with Crippen LogP contribution < -0.4 is 5.32 Å². The molecule has 1 fully saturated rings. The summed E-state index contributed by atoms with van der Waals surface area (Å²) in [4.78, 5) is 49.3. The van der Waals surface area contributed by atoms with Crippen LogP contribution >= 0.6 is 11.6 Å². The molecular formula is C19H18ClFN2O5. The highest BCUT2D eigenvalue weighted by Gasteiger charge is 2.46. The van der Waals surface area contributed by atoms with Gasteiger partial charge in [-0.3, -0.25) is 24.1 Å². The minimum Gasteiger partial charge on any atom is -0.456 e. The Labute approximate surface area is 165 Å². The van der Waals surface area contributed by atoms with E-state index in [-0.39, 0.29) is 47.3 Å². The van der Waals surface area contributed by atoms with Crippen molar-refractivity contribution in [1.82, 2.24) is 4.90 Å². The van der Waals surface area contributed by atoms with Gasteiger partial charge in [-0.1, -0.05) is 23.8 Å². The molecule has 3 amide bonds. The molecule has 2 atom stereocenters. The highest BCUT2D eigenvalue weighted by molar-refractivity contribution is 6.30. The Morgan fingerprint density at radius 2 is 1.82 bits per heavy atom. The van der Waals surface area contributed by atoms with Crippen LogP contribution in [0, 0.1) is 17.7 Å². The predicted molar refractivity (Wildman–Crippen MR) is 97.7 cm³/mol. The summed E-state index contributed by atoms with van der Waals surface area (Å²) in [5.41, 5.74) is -0.0880. The van der Waals surface area contributed by atoms with Gasteiger partial charge < -0.3 is 10.1 Å². The molecule has 148 valence electrons. The first-order valence-electron chi connectivity index (χ1n) is 8.77. The number of fused-ring (bicyclic) bond motifs is 1. The number of halogens is 2. The second-order valence-corrected chi connectivity index (χ2v) is 7.00. The largest absolute Gasteiger partial charge is 0.456 e. The molecule has 28 heavy (non-hydrogen) atoms. The third-order valence-electron chi connectivity index (χ3n) is 4.71. The molecule has 2 aliphatic rings. The molecule has 9 heteroatoms. The van der Waals surface area contributed by atoms with E-state index < -0.39 is 24.3 Å². The molecule has 1 saturated heterocycles. The number of nitrogens with zero attached hydrogens (tertiary/aromatic N) is 1. The zero-order valence-corrected chi connectivity index (χ0v) is 15.6. The minimum absolute atomic E-state index is 0.0864. The van der Waals surface area contributed by atoms with E-state index in [1.165, 1.54) is 12.1 Å². The van der Waals surface area contributed by atoms with Crippen molar-refractivity contribution in [2.75, 3.05) is 18.5 Å². The zero-order valence-electron chi connectivity index (χ0n) is 14.8. The van der Waals surface area contributed by atoms with Gasteiger partial charge in [0.2, 0.25) is 11.8 Å². The second kappa shape index (κ2) is 8.52. The number of likely N-dealkylation sites (tertiary alicyclic amines) is 1. The number of anilines is 1. The van der Waals surface area contributed by atoms with Gasteiger partial charge in [0.1, 0.15) is 5.82 Å². The Bertz CT molecular complexity index is 831. The predicted octanol–water partition coefficient (Wildman–Crippen LogP) is 2.30. The van der Waals surface area contributed by atoms with Crippen LogP contribution in [0.1, 0.15) is 19.3 Å². The summed E-state index contributed by atoms with van der Waals surface area (Å²) in [7, 11) is 0. The molecule has 3 rings (SSSR count). The lowest BCUT2D eigenvalue weighted by Crippen LogP contribution is -2.33. The van der Waals surface area contributed by atoms with Crippen LogP contribution in [0.15, 0.2) is 30.4 Å². The molecular weight excluding hydrogens is 391 g/mol. The highest BCUT2D eigenvalue weighted by atomic mass is 35.5. The van der Waals surface area contributed by atoms with E-state index in [2.05, 4.69) is 5.32 Å². The maximum Gasteiger partial charge on any atom is 0.308 e. The van der Waals surface area contributed by atoms with Crippen molar-refractivity contribution in [3.8, 4) is 0 Å². The number of hydrogen-bond acceptors (Lipinski definition) is 5. The smallest absolute Gasteiger partial charge is 0.308 e. The summed E-state index contributed by atoms with van der Waals surface area (Å²) in [5.74, 6) is -3.43. The van der Waals surface area contributed by atoms with E-state index >= 15 is 0 Å². The van der Waals surface area contributed by atoms with Crippen molar-refractivity contribution in [2.45, 2.75) is 19.3 Å². The van der Waals surface area contributed by atoms with Crippen LogP contribution in [0.2, 0.25) is 5.02 Å². The van der Waals surface area contributed by atoms with Crippen molar-refractivity contribution in [3.63, 3.8) is 0 Å². The highest BCUT2D eigenvalue weighted by Crippen LogP contribution is 2.35. The van der Waals surface area contributed by atoms with Crippen molar-refractivity contribution < 1.29 is 28.3 Å². The third kappa shape index (κ3) is 4.39. The lowest BCUT2D eigenvalue weighted by molar-refractivity contribution is -0.148. The normalized spacial score (nSPS) is 20.9. The average Bonchev–Trinajstić information content (AvgIpc) is 2.91. The lowest BCUT2D eigenvalue weighted by Gasteiger charge is -2.14. The SMILES string of the molecule is O=C(COC(=O)CCN1C(=O)C2CC=CCC2C1=O)Nc1ccc(Cl)cc1F. The van der Waals surface area contributed by atoms with Gasteiger partial charge in [-0.25, -0.2) is 4.39 Å². The van der Waals surface area contributed by atoms with Crippen LogP contribution in [0.3, 0.4) is 0 Å². The van der Waals surface area contributed by atoms with Crippen LogP contribution in [-0.2, 0) is 23.9 Å². The van der Waals surface area contributed by atoms with E-state index in [1.807, 2.05) is 12.2 Å². The molecule has 1 N–H and O–H groups in total. The molecule has 0 bridgehead atoms. The molecule has 7 nitrogen and oxygen atoms in total. The van der Waals surface area contributed by atoms with Crippen LogP contribution in [0.25, 0.3) is 0 Å². The molecule has 1 aliphatic heterocycles. The van der Waals surface area contributed by atoms with Crippen LogP contribution in [0.4, 0.5) is 10.1 Å². The fraction of sp³-hybridized carbons (Fsp3) is 0.368. The van der Waals surface area contributed by atoms with Gasteiger partial charge >= 0.3 is 5.97 Å². The maximum atomic E-state index is 13.6. The molecule has 1 aromatic rings. The fourth-order valence-corrected chi connectivity index (χ4v) is 3.45.